The van der Waals surface area contributed by atoms with E-state index >= 15 is 0 Å². The predicted molar refractivity (Wildman–Crippen MR) is 111 cm³/mol. The minimum absolute atomic E-state index is 0.00597. The number of aromatic nitrogens is 2. The third kappa shape index (κ3) is 3.61. The summed E-state index contributed by atoms with van der Waals surface area (Å²) in [6, 6.07) is 14.0. The molecule has 1 saturated heterocycles. The molecule has 28 heavy (non-hydrogen) atoms. The molecule has 3 aromatic rings. The van der Waals surface area contributed by atoms with Crippen LogP contribution in [0.2, 0.25) is 0 Å². The third-order valence-electron chi connectivity index (χ3n) is 5.52. The number of benzene rings is 2. The van der Waals surface area contributed by atoms with Crippen LogP contribution >= 0.6 is 0 Å². The Labute approximate surface area is 165 Å². The largest absolute Gasteiger partial charge is 0.484 e. The number of rotatable bonds is 5. The van der Waals surface area contributed by atoms with Gasteiger partial charge in [0, 0.05) is 6.54 Å². The number of fused-ring (bicyclic) bond motifs is 1. The summed E-state index contributed by atoms with van der Waals surface area (Å²) in [6.07, 6.45) is 1.91. The van der Waals surface area contributed by atoms with Crippen molar-refractivity contribution in [1.29, 1.82) is 0 Å². The smallest absolute Gasteiger partial charge is 0.261 e. The lowest BCUT2D eigenvalue weighted by Crippen LogP contribution is -2.34. The summed E-state index contributed by atoms with van der Waals surface area (Å²) in [4.78, 5) is 22.8. The minimum Gasteiger partial charge on any atom is -0.484 e. The van der Waals surface area contributed by atoms with Gasteiger partial charge in [-0.3, -0.25) is 4.79 Å². The first kappa shape index (κ1) is 18.5. The summed E-state index contributed by atoms with van der Waals surface area (Å²) in [6.45, 7) is 7.24. The molecule has 146 valence electrons. The Morgan fingerprint density at radius 3 is 2.86 bits per heavy atom. The maximum absolute atomic E-state index is 12.8. The summed E-state index contributed by atoms with van der Waals surface area (Å²) in [5, 5.41) is 0. The molecule has 5 heteroatoms. The highest BCUT2D eigenvalue weighted by Crippen LogP contribution is 2.31. The number of H-pyrrole nitrogens is 1. The molecule has 0 aliphatic carbocycles. The van der Waals surface area contributed by atoms with Gasteiger partial charge in [0.25, 0.3) is 5.91 Å². The molecule has 0 spiro atoms. The molecular formula is C23H27N3O2. The SMILES string of the molecule is Cc1cc(OCC(=O)N2CCC[C@H]2c2nc3ccccc3[nH]2)ccc1C(C)C. The predicted octanol–water partition coefficient (Wildman–Crippen LogP) is 4.74. The van der Waals surface area contributed by atoms with E-state index in [-0.39, 0.29) is 18.6 Å². The van der Waals surface area contributed by atoms with Crippen LogP contribution in [0.5, 0.6) is 5.75 Å². The molecule has 1 aliphatic rings. The summed E-state index contributed by atoms with van der Waals surface area (Å²) >= 11 is 0. The molecule has 0 bridgehead atoms. The van der Waals surface area contributed by atoms with Gasteiger partial charge in [0.1, 0.15) is 11.6 Å². The molecule has 0 unspecified atom stereocenters. The van der Waals surface area contributed by atoms with Crippen molar-refractivity contribution in [1.82, 2.24) is 14.9 Å². The molecule has 1 N–H and O–H groups in total. The van der Waals surface area contributed by atoms with E-state index < -0.39 is 0 Å². The van der Waals surface area contributed by atoms with E-state index in [4.69, 9.17) is 9.72 Å². The van der Waals surface area contributed by atoms with Gasteiger partial charge in [-0.15, -0.1) is 0 Å². The van der Waals surface area contributed by atoms with E-state index in [9.17, 15) is 4.79 Å². The van der Waals surface area contributed by atoms with Crippen molar-refractivity contribution in [2.75, 3.05) is 13.2 Å². The van der Waals surface area contributed by atoms with Crippen LogP contribution in [0.4, 0.5) is 0 Å². The molecule has 1 aliphatic heterocycles. The average Bonchev–Trinajstić information content (AvgIpc) is 3.32. The van der Waals surface area contributed by atoms with E-state index in [1.165, 1.54) is 11.1 Å². The fraction of sp³-hybridized carbons (Fsp3) is 0.391. The molecule has 0 saturated carbocycles. The number of amides is 1. The number of nitrogens with one attached hydrogen (secondary N) is 1. The maximum atomic E-state index is 12.8. The van der Waals surface area contributed by atoms with Gasteiger partial charge in [-0.25, -0.2) is 4.98 Å². The number of carbonyl (C=O) groups excluding carboxylic acids is 1. The van der Waals surface area contributed by atoms with Crippen LogP contribution in [0.15, 0.2) is 42.5 Å². The Hall–Kier alpha value is -2.82. The Kier molecular flexibility index (Phi) is 5.07. The fourth-order valence-corrected chi connectivity index (χ4v) is 4.09. The summed E-state index contributed by atoms with van der Waals surface area (Å²) in [5.41, 5.74) is 4.45. The number of aryl methyl sites for hydroxylation is 1. The van der Waals surface area contributed by atoms with Crippen LogP contribution in [0.25, 0.3) is 11.0 Å². The number of carbonyl (C=O) groups is 1. The topological polar surface area (TPSA) is 58.2 Å². The van der Waals surface area contributed by atoms with Gasteiger partial charge < -0.3 is 14.6 Å². The fourth-order valence-electron chi connectivity index (χ4n) is 4.09. The van der Waals surface area contributed by atoms with E-state index in [0.29, 0.717) is 5.92 Å². The zero-order valence-corrected chi connectivity index (χ0v) is 16.7. The highest BCUT2D eigenvalue weighted by Gasteiger charge is 2.32. The first-order valence-corrected chi connectivity index (χ1v) is 10.0. The normalized spacial score (nSPS) is 16.9. The molecule has 2 aromatic carbocycles. The Bertz CT molecular complexity index is 959. The number of para-hydroxylation sites is 2. The summed E-state index contributed by atoms with van der Waals surface area (Å²) in [5.74, 6) is 2.09. The quantitative estimate of drug-likeness (QED) is 0.699. The van der Waals surface area contributed by atoms with Crippen molar-refractivity contribution >= 4 is 16.9 Å². The number of ether oxygens (including phenoxy) is 1. The number of imidazole rings is 1. The molecule has 5 nitrogen and oxygen atoms in total. The van der Waals surface area contributed by atoms with Crippen molar-refractivity contribution < 1.29 is 9.53 Å². The summed E-state index contributed by atoms with van der Waals surface area (Å²) < 4.78 is 5.82. The second kappa shape index (κ2) is 7.66. The highest BCUT2D eigenvalue weighted by atomic mass is 16.5. The lowest BCUT2D eigenvalue weighted by Gasteiger charge is -2.23. The van der Waals surface area contributed by atoms with Crippen molar-refractivity contribution in [3.8, 4) is 5.75 Å². The number of likely N-dealkylation sites (tertiary alicyclic amines) is 1. The number of nitrogens with zero attached hydrogens (tertiary/aromatic N) is 2. The first-order chi connectivity index (χ1) is 13.5. The standard InChI is InChI=1S/C23H27N3O2/c1-15(2)18-11-10-17(13-16(18)3)28-14-22(27)26-12-6-9-21(26)23-24-19-7-4-5-8-20(19)25-23/h4-5,7-8,10-11,13,15,21H,6,9,12,14H2,1-3H3,(H,24,25)/t21-/m0/s1. The number of hydrogen-bond donors (Lipinski definition) is 1. The Morgan fingerprint density at radius 2 is 2.11 bits per heavy atom. The lowest BCUT2D eigenvalue weighted by atomic mass is 9.98. The van der Waals surface area contributed by atoms with Crippen molar-refractivity contribution in [3.63, 3.8) is 0 Å². The third-order valence-corrected chi connectivity index (χ3v) is 5.52. The van der Waals surface area contributed by atoms with Crippen molar-refractivity contribution in [2.24, 2.45) is 0 Å². The molecule has 1 atom stereocenters. The Morgan fingerprint density at radius 1 is 1.29 bits per heavy atom. The highest BCUT2D eigenvalue weighted by molar-refractivity contribution is 5.79. The van der Waals surface area contributed by atoms with E-state index in [1.807, 2.05) is 41.3 Å². The average molecular weight is 377 g/mol. The molecule has 2 heterocycles. The zero-order chi connectivity index (χ0) is 19.7. The van der Waals surface area contributed by atoms with Gasteiger partial charge in [0.2, 0.25) is 0 Å². The van der Waals surface area contributed by atoms with Gasteiger partial charge in [-0.05, 0) is 61.1 Å². The van der Waals surface area contributed by atoms with E-state index in [1.54, 1.807) is 0 Å². The number of hydrogen-bond acceptors (Lipinski definition) is 3. The van der Waals surface area contributed by atoms with Crippen molar-refractivity contribution in [3.05, 3.63) is 59.4 Å². The molecule has 1 fully saturated rings. The first-order valence-electron chi connectivity index (χ1n) is 10.0. The van der Waals surface area contributed by atoms with Crippen LogP contribution in [-0.4, -0.2) is 33.9 Å². The minimum atomic E-state index is -0.00597. The molecular weight excluding hydrogens is 350 g/mol. The van der Waals surface area contributed by atoms with Gasteiger partial charge in [-0.1, -0.05) is 32.0 Å². The zero-order valence-electron chi connectivity index (χ0n) is 16.7. The molecule has 0 radical (unpaired) electrons. The molecule has 1 amide bonds. The molecule has 1 aromatic heterocycles. The van der Waals surface area contributed by atoms with Gasteiger partial charge >= 0.3 is 0 Å². The Balaban J connectivity index is 1.44. The maximum Gasteiger partial charge on any atom is 0.261 e. The lowest BCUT2D eigenvalue weighted by molar-refractivity contribution is -0.134. The van der Waals surface area contributed by atoms with Crippen LogP contribution in [0.1, 0.15) is 55.6 Å². The second-order valence-electron chi connectivity index (χ2n) is 7.85. The van der Waals surface area contributed by atoms with Gasteiger partial charge in [0.05, 0.1) is 17.1 Å². The number of aromatic amines is 1. The van der Waals surface area contributed by atoms with Crippen LogP contribution in [-0.2, 0) is 4.79 Å². The van der Waals surface area contributed by atoms with Crippen LogP contribution in [0, 0.1) is 6.92 Å². The van der Waals surface area contributed by atoms with E-state index in [0.717, 1.165) is 42.0 Å². The van der Waals surface area contributed by atoms with Crippen LogP contribution < -0.4 is 4.74 Å². The van der Waals surface area contributed by atoms with Crippen molar-refractivity contribution in [2.45, 2.75) is 45.6 Å². The van der Waals surface area contributed by atoms with Gasteiger partial charge in [-0.2, -0.15) is 0 Å². The van der Waals surface area contributed by atoms with E-state index in [2.05, 4.69) is 31.8 Å². The monoisotopic (exact) mass is 377 g/mol. The second-order valence-corrected chi connectivity index (χ2v) is 7.85. The van der Waals surface area contributed by atoms with Gasteiger partial charge in [0.15, 0.2) is 6.61 Å². The summed E-state index contributed by atoms with van der Waals surface area (Å²) in [7, 11) is 0. The molecule has 4 rings (SSSR count). The van der Waals surface area contributed by atoms with Crippen LogP contribution in [0.3, 0.4) is 0 Å².